The number of carbonyl (C=O) groups excluding carboxylic acids is 2. The average Bonchev–Trinajstić information content (AvgIpc) is 3.50. The van der Waals surface area contributed by atoms with E-state index in [1.165, 1.54) is 238 Å². The quantitative estimate of drug-likeness (QED) is 0.0211. The molecular formula is C75H139NO8P+. The zero-order valence-corrected chi connectivity index (χ0v) is 57.5. The lowest BCUT2D eigenvalue weighted by Gasteiger charge is -2.24. The van der Waals surface area contributed by atoms with Crippen molar-refractivity contribution in [1.82, 2.24) is 0 Å². The van der Waals surface area contributed by atoms with Gasteiger partial charge in [0.05, 0.1) is 27.7 Å². The first-order valence-corrected chi connectivity index (χ1v) is 37.7. The van der Waals surface area contributed by atoms with Gasteiger partial charge < -0.3 is 18.9 Å². The minimum absolute atomic E-state index is 0.0331. The fourth-order valence-corrected chi connectivity index (χ4v) is 11.2. The van der Waals surface area contributed by atoms with Crippen LogP contribution >= 0.6 is 7.82 Å². The highest BCUT2D eigenvalue weighted by atomic mass is 31.2. The third-order valence-electron chi connectivity index (χ3n) is 16.0. The minimum atomic E-state index is -4.39. The number of likely N-dealkylation sites (N-methyl/N-ethyl adjacent to an activating group) is 1. The summed E-state index contributed by atoms with van der Waals surface area (Å²) in [5.41, 5.74) is 0. The van der Waals surface area contributed by atoms with Gasteiger partial charge >= 0.3 is 19.8 Å². The van der Waals surface area contributed by atoms with Crippen LogP contribution in [0.25, 0.3) is 0 Å². The van der Waals surface area contributed by atoms with Gasteiger partial charge in [-0.2, -0.15) is 0 Å². The van der Waals surface area contributed by atoms with E-state index in [4.69, 9.17) is 18.5 Å². The van der Waals surface area contributed by atoms with Gasteiger partial charge in [-0.05, 0) is 64.2 Å². The first kappa shape index (κ1) is 82.5. The van der Waals surface area contributed by atoms with E-state index in [0.29, 0.717) is 23.9 Å². The van der Waals surface area contributed by atoms with Crippen LogP contribution in [0.1, 0.15) is 341 Å². The number of ether oxygens (including phenoxy) is 2. The summed E-state index contributed by atoms with van der Waals surface area (Å²) >= 11 is 0. The highest BCUT2D eigenvalue weighted by molar-refractivity contribution is 7.47. The fraction of sp³-hybridized carbons (Fsp3) is 0.813. The summed E-state index contributed by atoms with van der Waals surface area (Å²) < 4.78 is 34.8. The Morgan fingerprint density at radius 1 is 0.376 bits per heavy atom. The summed E-state index contributed by atoms with van der Waals surface area (Å²) in [6.45, 7) is 4.38. The van der Waals surface area contributed by atoms with E-state index in [0.717, 1.165) is 70.6 Å². The predicted octanol–water partition coefficient (Wildman–Crippen LogP) is 23.6. The fourth-order valence-electron chi connectivity index (χ4n) is 10.5. The number of phosphoric ester groups is 1. The molecule has 0 amide bonds. The maximum absolute atomic E-state index is 12.9. The number of hydrogen-bond acceptors (Lipinski definition) is 7. The SMILES string of the molecule is CC/C=C\C/C=C\C/C=C\C/C=C\C/C=C\C/C=C\CCCCCCCCCCCCCCCCCCCCC(=O)OC(COC(=O)CCCCCCCCCCCCCCCCCCCCCCCCCC)COP(=O)(O)OCC[N+](C)(C)C. The Morgan fingerprint density at radius 3 is 1.00 bits per heavy atom. The molecule has 0 aliphatic rings. The normalized spacial score (nSPS) is 13.5. The maximum Gasteiger partial charge on any atom is 0.472 e. The largest absolute Gasteiger partial charge is 0.472 e. The number of unbranched alkanes of at least 4 members (excludes halogenated alkanes) is 41. The topological polar surface area (TPSA) is 108 Å². The molecule has 0 radical (unpaired) electrons. The Kier molecular flexibility index (Phi) is 63.9. The molecule has 0 saturated carbocycles. The zero-order valence-electron chi connectivity index (χ0n) is 56.6. The molecule has 496 valence electrons. The molecule has 9 nitrogen and oxygen atoms in total. The second-order valence-electron chi connectivity index (χ2n) is 25.6. The Morgan fingerprint density at radius 2 is 0.671 bits per heavy atom. The monoisotopic (exact) mass is 1210 g/mol. The Bertz CT molecular complexity index is 1660. The van der Waals surface area contributed by atoms with Gasteiger partial charge in [0.25, 0.3) is 0 Å². The molecule has 85 heavy (non-hydrogen) atoms. The molecule has 2 atom stereocenters. The van der Waals surface area contributed by atoms with Gasteiger partial charge in [0.1, 0.15) is 19.8 Å². The average molecular weight is 1210 g/mol. The lowest BCUT2D eigenvalue weighted by Crippen LogP contribution is -2.37. The molecule has 1 N–H and O–H groups in total. The van der Waals surface area contributed by atoms with Crippen LogP contribution in [0, 0.1) is 0 Å². The molecule has 0 heterocycles. The van der Waals surface area contributed by atoms with E-state index >= 15 is 0 Å². The minimum Gasteiger partial charge on any atom is -0.462 e. The van der Waals surface area contributed by atoms with Gasteiger partial charge in [0.15, 0.2) is 6.10 Å². The number of rotatable bonds is 67. The Labute approximate surface area is 527 Å². The number of esters is 2. The molecule has 0 aromatic heterocycles. The van der Waals surface area contributed by atoms with Crippen LogP contribution in [-0.2, 0) is 32.7 Å². The van der Waals surface area contributed by atoms with Crippen molar-refractivity contribution >= 4 is 19.8 Å². The number of hydrogen-bond donors (Lipinski definition) is 1. The Balaban J connectivity index is 3.98. The lowest BCUT2D eigenvalue weighted by molar-refractivity contribution is -0.870. The Hall–Kier alpha value is -2.55. The van der Waals surface area contributed by atoms with Crippen LogP contribution in [0.2, 0.25) is 0 Å². The summed E-state index contributed by atoms with van der Waals surface area (Å²) in [5, 5.41) is 0. The third-order valence-corrected chi connectivity index (χ3v) is 17.0. The molecule has 0 rings (SSSR count). The van der Waals surface area contributed by atoms with Gasteiger partial charge in [-0.25, -0.2) is 4.57 Å². The molecule has 0 bridgehead atoms. The molecule has 0 aliphatic carbocycles. The smallest absolute Gasteiger partial charge is 0.462 e. The zero-order chi connectivity index (χ0) is 61.9. The molecule has 0 fully saturated rings. The summed E-state index contributed by atoms with van der Waals surface area (Å²) in [4.78, 5) is 35.9. The summed E-state index contributed by atoms with van der Waals surface area (Å²) in [7, 11) is 1.49. The molecule has 0 aromatic carbocycles. The number of nitrogens with zero attached hydrogens (tertiary/aromatic N) is 1. The van der Waals surface area contributed by atoms with Gasteiger partial charge in [0, 0.05) is 12.8 Å². The molecule has 0 saturated heterocycles. The van der Waals surface area contributed by atoms with Crippen molar-refractivity contribution in [2.45, 2.75) is 347 Å². The van der Waals surface area contributed by atoms with Crippen LogP contribution in [0.5, 0.6) is 0 Å². The van der Waals surface area contributed by atoms with Crippen molar-refractivity contribution in [3.05, 3.63) is 72.9 Å². The number of carbonyl (C=O) groups is 2. The summed E-state index contributed by atoms with van der Waals surface area (Å²) in [6, 6.07) is 0. The van der Waals surface area contributed by atoms with Crippen molar-refractivity contribution in [3.8, 4) is 0 Å². The molecule has 2 unspecified atom stereocenters. The van der Waals surface area contributed by atoms with Crippen LogP contribution in [0.15, 0.2) is 72.9 Å². The van der Waals surface area contributed by atoms with E-state index in [1.54, 1.807) is 0 Å². The van der Waals surface area contributed by atoms with Crippen molar-refractivity contribution < 1.29 is 42.1 Å². The summed E-state index contributed by atoms with van der Waals surface area (Å²) in [6.07, 6.45) is 88.7. The van der Waals surface area contributed by atoms with Gasteiger partial charge in [0.2, 0.25) is 0 Å². The maximum atomic E-state index is 12.9. The van der Waals surface area contributed by atoms with Crippen molar-refractivity contribution in [2.24, 2.45) is 0 Å². The third kappa shape index (κ3) is 70.4. The lowest BCUT2D eigenvalue weighted by atomic mass is 10.0. The molecular weight excluding hydrogens is 1070 g/mol. The van der Waals surface area contributed by atoms with Crippen LogP contribution in [-0.4, -0.2) is 74.9 Å². The molecule has 0 spiro atoms. The van der Waals surface area contributed by atoms with Crippen molar-refractivity contribution in [1.29, 1.82) is 0 Å². The first-order valence-electron chi connectivity index (χ1n) is 36.2. The van der Waals surface area contributed by atoms with Gasteiger partial charge in [-0.3, -0.25) is 18.6 Å². The van der Waals surface area contributed by atoms with E-state index in [1.807, 2.05) is 21.1 Å². The first-order chi connectivity index (χ1) is 41.5. The second kappa shape index (κ2) is 65.9. The van der Waals surface area contributed by atoms with E-state index < -0.39 is 26.5 Å². The predicted molar refractivity (Wildman–Crippen MR) is 367 cm³/mol. The van der Waals surface area contributed by atoms with Gasteiger partial charge in [-0.15, -0.1) is 0 Å². The molecule has 10 heteroatoms. The van der Waals surface area contributed by atoms with Crippen LogP contribution in [0.4, 0.5) is 0 Å². The van der Waals surface area contributed by atoms with Gasteiger partial charge in [-0.1, -0.05) is 337 Å². The number of allylic oxidation sites excluding steroid dienone is 12. The van der Waals surface area contributed by atoms with E-state index in [9.17, 15) is 19.0 Å². The standard InChI is InChI=1S/C75H138NO8P/c1-6-8-10-12-14-16-18-20-22-24-26-28-30-32-33-34-35-36-37-38-39-40-41-42-43-44-46-48-50-52-54-56-58-60-62-64-66-68-75(78)84-73(72-83-85(79,80)82-70-69-76(3,4)5)71-81-74(77)67-65-63-61-59-57-55-53-51-49-47-45-31-29-27-25-23-21-19-17-15-13-11-9-7-2/h8,10,14,16,20,22,26,28,32-33,35-36,73H,6-7,9,11-13,15,17-19,21,23-25,27,29-31,34,37-72H2,1-5H3/p+1/b10-8-,16-14-,22-20-,28-26-,33-32-,36-35-. The second-order valence-corrected chi connectivity index (χ2v) is 27.1. The van der Waals surface area contributed by atoms with E-state index in [-0.39, 0.29) is 25.6 Å². The van der Waals surface area contributed by atoms with Crippen LogP contribution in [0.3, 0.4) is 0 Å². The highest BCUT2D eigenvalue weighted by Crippen LogP contribution is 2.43. The number of phosphoric acid groups is 1. The van der Waals surface area contributed by atoms with Crippen LogP contribution < -0.4 is 0 Å². The molecule has 0 aromatic rings. The van der Waals surface area contributed by atoms with E-state index in [2.05, 4.69) is 86.8 Å². The van der Waals surface area contributed by atoms with Crippen molar-refractivity contribution in [3.63, 3.8) is 0 Å². The van der Waals surface area contributed by atoms with Crippen molar-refractivity contribution in [2.75, 3.05) is 47.5 Å². The summed E-state index contributed by atoms with van der Waals surface area (Å²) in [5.74, 6) is -0.778. The number of quaternary nitrogens is 1. The molecule has 0 aliphatic heterocycles. The highest BCUT2D eigenvalue weighted by Gasteiger charge is 2.27.